The first-order chi connectivity index (χ1) is 12.6. The SMILES string of the molecule is O=C(NC(=S)Nc1ccc(OCC2CCCO2)cc1)c1cccc(Br)c1. The zero-order valence-corrected chi connectivity index (χ0v) is 16.4. The van der Waals surface area contributed by atoms with Crippen LogP contribution in [0.1, 0.15) is 23.2 Å². The lowest BCUT2D eigenvalue weighted by Gasteiger charge is -2.13. The van der Waals surface area contributed by atoms with E-state index < -0.39 is 0 Å². The molecule has 0 aliphatic carbocycles. The summed E-state index contributed by atoms with van der Waals surface area (Å²) in [6.45, 7) is 1.38. The Hall–Kier alpha value is -1.96. The topological polar surface area (TPSA) is 59.6 Å². The van der Waals surface area contributed by atoms with E-state index in [0.717, 1.165) is 35.4 Å². The molecular formula is C19H19BrN2O3S. The quantitative estimate of drug-likeness (QED) is 0.692. The first-order valence-corrected chi connectivity index (χ1v) is 9.52. The summed E-state index contributed by atoms with van der Waals surface area (Å²) >= 11 is 8.54. The number of halogens is 1. The van der Waals surface area contributed by atoms with Crippen LogP contribution in [0.2, 0.25) is 0 Å². The van der Waals surface area contributed by atoms with E-state index in [1.54, 1.807) is 18.2 Å². The second-order valence-corrected chi connectivity index (χ2v) is 7.21. The smallest absolute Gasteiger partial charge is 0.257 e. The van der Waals surface area contributed by atoms with Crippen LogP contribution >= 0.6 is 28.1 Å². The normalized spacial score (nSPS) is 16.1. The summed E-state index contributed by atoms with van der Waals surface area (Å²) in [5.41, 5.74) is 1.30. The number of amides is 1. The van der Waals surface area contributed by atoms with Crippen molar-refractivity contribution in [1.29, 1.82) is 0 Å². The van der Waals surface area contributed by atoms with E-state index in [1.807, 2.05) is 30.3 Å². The third-order valence-electron chi connectivity index (χ3n) is 3.89. The van der Waals surface area contributed by atoms with Crippen LogP contribution in [-0.4, -0.2) is 30.3 Å². The summed E-state index contributed by atoms with van der Waals surface area (Å²) < 4.78 is 12.1. The molecule has 26 heavy (non-hydrogen) atoms. The van der Waals surface area contributed by atoms with E-state index in [0.29, 0.717) is 12.2 Å². The molecule has 1 aliphatic rings. The molecular weight excluding hydrogens is 416 g/mol. The van der Waals surface area contributed by atoms with Crippen molar-refractivity contribution in [3.8, 4) is 5.75 Å². The zero-order chi connectivity index (χ0) is 18.4. The van der Waals surface area contributed by atoms with Crippen LogP contribution < -0.4 is 15.4 Å². The molecule has 1 heterocycles. The fraction of sp³-hybridized carbons (Fsp3) is 0.263. The summed E-state index contributed by atoms with van der Waals surface area (Å²) in [7, 11) is 0. The molecule has 3 rings (SSSR count). The van der Waals surface area contributed by atoms with E-state index >= 15 is 0 Å². The summed E-state index contributed by atoms with van der Waals surface area (Å²) in [6, 6.07) is 14.5. The van der Waals surface area contributed by atoms with Crippen molar-refractivity contribution >= 4 is 44.9 Å². The molecule has 2 aromatic carbocycles. The van der Waals surface area contributed by atoms with Crippen molar-refractivity contribution in [2.45, 2.75) is 18.9 Å². The molecule has 1 amide bonds. The molecule has 2 aromatic rings. The maximum absolute atomic E-state index is 12.2. The number of hydrogen-bond donors (Lipinski definition) is 2. The summed E-state index contributed by atoms with van der Waals surface area (Å²) in [4.78, 5) is 12.2. The molecule has 0 saturated carbocycles. The number of hydrogen-bond acceptors (Lipinski definition) is 4. The van der Waals surface area contributed by atoms with Gasteiger partial charge in [0.25, 0.3) is 5.91 Å². The van der Waals surface area contributed by atoms with Gasteiger partial charge in [-0.05, 0) is 67.5 Å². The van der Waals surface area contributed by atoms with Crippen LogP contribution in [0.4, 0.5) is 5.69 Å². The van der Waals surface area contributed by atoms with Gasteiger partial charge < -0.3 is 14.8 Å². The Labute approximate surface area is 166 Å². The van der Waals surface area contributed by atoms with Crippen LogP contribution in [0.25, 0.3) is 0 Å². The van der Waals surface area contributed by atoms with Gasteiger partial charge in [0.1, 0.15) is 12.4 Å². The first kappa shape index (κ1) is 18.8. The minimum Gasteiger partial charge on any atom is -0.491 e. The Bertz CT molecular complexity index is 777. The highest BCUT2D eigenvalue weighted by Gasteiger charge is 2.16. The summed E-state index contributed by atoms with van der Waals surface area (Å²) in [6.07, 6.45) is 2.33. The highest BCUT2D eigenvalue weighted by molar-refractivity contribution is 9.10. The minimum absolute atomic E-state index is 0.189. The Balaban J connectivity index is 1.48. The lowest BCUT2D eigenvalue weighted by atomic mass is 10.2. The van der Waals surface area contributed by atoms with Crippen LogP contribution in [-0.2, 0) is 4.74 Å². The molecule has 0 spiro atoms. The fourth-order valence-corrected chi connectivity index (χ4v) is 3.18. The van der Waals surface area contributed by atoms with Crippen LogP contribution in [0.5, 0.6) is 5.75 Å². The number of anilines is 1. The minimum atomic E-state index is -0.264. The Morgan fingerprint density at radius 3 is 2.77 bits per heavy atom. The second-order valence-electron chi connectivity index (χ2n) is 5.89. The van der Waals surface area contributed by atoms with Gasteiger partial charge in [0.05, 0.1) is 6.10 Å². The number of thiocarbonyl (C=S) groups is 1. The number of carbonyl (C=O) groups is 1. The lowest BCUT2D eigenvalue weighted by molar-refractivity contribution is 0.0679. The number of carbonyl (C=O) groups excluding carboxylic acids is 1. The molecule has 1 atom stereocenters. The van der Waals surface area contributed by atoms with Crippen molar-refractivity contribution in [1.82, 2.24) is 5.32 Å². The standard InChI is InChI=1S/C19H19BrN2O3S/c20-14-4-1-3-13(11-14)18(23)22-19(26)21-15-6-8-16(9-7-15)25-12-17-5-2-10-24-17/h1,3-4,6-9,11,17H,2,5,10,12H2,(H2,21,22,23,26). The average Bonchev–Trinajstić information content (AvgIpc) is 3.14. The van der Waals surface area contributed by atoms with Gasteiger partial charge in [-0.15, -0.1) is 0 Å². The van der Waals surface area contributed by atoms with Crippen molar-refractivity contribution in [3.63, 3.8) is 0 Å². The zero-order valence-electron chi connectivity index (χ0n) is 14.0. The highest BCUT2D eigenvalue weighted by atomic mass is 79.9. The number of benzene rings is 2. The Morgan fingerprint density at radius 1 is 1.27 bits per heavy atom. The van der Waals surface area contributed by atoms with Crippen LogP contribution in [0, 0.1) is 0 Å². The van der Waals surface area contributed by atoms with Crippen molar-refractivity contribution in [3.05, 3.63) is 58.6 Å². The molecule has 2 N–H and O–H groups in total. The fourth-order valence-electron chi connectivity index (χ4n) is 2.57. The lowest BCUT2D eigenvalue weighted by Crippen LogP contribution is -2.34. The Morgan fingerprint density at radius 2 is 2.08 bits per heavy atom. The van der Waals surface area contributed by atoms with Gasteiger partial charge >= 0.3 is 0 Å². The van der Waals surface area contributed by atoms with E-state index in [-0.39, 0.29) is 17.1 Å². The monoisotopic (exact) mass is 434 g/mol. The number of ether oxygens (including phenoxy) is 2. The van der Waals surface area contributed by atoms with Gasteiger partial charge in [0.2, 0.25) is 0 Å². The predicted molar refractivity (Wildman–Crippen MR) is 109 cm³/mol. The molecule has 5 nitrogen and oxygen atoms in total. The van der Waals surface area contributed by atoms with Gasteiger partial charge in [-0.3, -0.25) is 10.1 Å². The first-order valence-electron chi connectivity index (χ1n) is 8.32. The molecule has 7 heteroatoms. The predicted octanol–water partition coefficient (Wildman–Crippen LogP) is 4.13. The molecule has 1 saturated heterocycles. The van der Waals surface area contributed by atoms with Gasteiger partial charge in [-0.1, -0.05) is 22.0 Å². The molecule has 0 aromatic heterocycles. The molecule has 136 valence electrons. The van der Waals surface area contributed by atoms with Gasteiger partial charge in [-0.25, -0.2) is 0 Å². The second kappa shape index (κ2) is 9.12. The molecule has 0 bridgehead atoms. The average molecular weight is 435 g/mol. The third-order valence-corrected chi connectivity index (χ3v) is 4.58. The highest BCUT2D eigenvalue weighted by Crippen LogP contribution is 2.18. The maximum Gasteiger partial charge on any atom is 0.257 e. The van der Waals surface area contributed by atoms with Crippen molar-refractivity contribution < 1.29 is 14.3 Å². The molecule has 1 unspecified atom stereocenters. The summed E-state index contributed by atoms with van der Waals surface area (Å²) in [5, 5.41) is 5.89. The van der Waals surface area contributed by atoms with E-state index in [9.17, 15) is 4.79 Å². The Kier molecular flexibility index (Phi) is 6.60. The molecule has 0 radical (unpaired) electrons. The van der Waals surface area contributed by atoms with Crippen molar-refractivity contribution in [2.75, 3.05) is 18.5 Å². The summed E-state index contributed by atoms with van der Waals surface area (Å²) in [5.74, 6) is 0.510. The molecule has 1 aliphatic heterocycles. The van der Waals surface area contributed by atoms with Gasteiger partial charge in [0, 0.05) is 22.3 Å². The van der Waals surface area contributed by atoms with E-state index in [2.05, 4.69) is 26.6 Å². The van der Waals surface area contributed by atoms with Crippen molar-refractivity contribution in [2.24, 2.45) is 0 Å². The maximum atomic E-state index is 12.2. The third kappa shape index (κ3) is 5.52. The van der Waals surface area contributed by atoms with Crippen LogP contribution in [0.15, 0.2) is 53.0 Å². The largest absolute Gasteiger partial charge is 0.491 e. The molecule has 1 fully saturated rings. The number of rotatable bonds is 5. The van der Waals surface area contributed by atoms with Gasteiger partial charge in [0.15, 0.2) is 5.11 Å². The van der Waals surface area contributed by atoms with Gasteiger partial charge in [-0.2, -0.15) is 0 Å². The number of nitrogens with one attached hydrogen (secondary N) is 2. The van der Waals surface area contributed by atoms with Crippen LogP contribution in [0.3, 0.4) is 0 Å². The van der Waals surface area contributed by atoms with E-state index in [1.165, 1.54) is 0 Å². The van der Waals surface area contributed by atoms with E-state index in [4.69, 9.17) is 21.7 Å².